The summed E-state index contributed by atoms with van der Waals surface area (Å²) in [7, 11) is 0. The van der Waals surface area contributed by atoms with Crippen LogP contribution in [0.3, 0.4) is 0 Å². The van der Waals surface area contributed by atoms with Crippen LogP contribution in [-0.2, 0) is 30.3 Å². The second-order valence-electron chi connectivity index (χ2n) is 7.54. The van der Waals surface area contributed by atoms with Gasteiger partial charge in [-0.3, -0.25) is 19.7 Å². The summed E-state index contributed by atoms with van der Waals surface area (Å²) in [5.41, 5.74) is 1.99. The van der Waals surface area contributed by atoms with E-state index in [1.54, 1.807) is 12.1 Å². The number of imide groups is 1. The third kappa shape index (κ3) is 7.02. The monoisotopic (exact) mass is 473 g/mol. The minimum atomic E-state index is -1.08. The van der Waals surface area contributed by atoms with Gasteiger partial charge in [-0.05, 0) is 24.1 Å². The Morgan fingerprint density at radius 3 is 2.59 bits per heavy atom. The van der Waals surface area contributed by atoms with Gasteiger partial charge in [0.15, 0.2) is 0 Å². The molecule has 2 aliphatic rings. The van der Waals surface area contributed by atoms with Crippen molar-refractivity contribution in [1.82, 2.24) is 15.5 Å². The summed E-state index contributed by atoms with van der Waals surface area (Å²) >= 11 is 0. The number of amides is 4. The number of benzene rings is 1. The molecule has 1 atom stereocenters. The number of carbonyl (C=O) groups is 4. The van der Waals surface area contributed by atoms with Crippen molar-refractivity contribution in [2.45, 2.75) is 25.4 Å². The molecule has 11 heteroatoms. The number of nitrogens with zero attached hydrogens (tertiary/aromatic N) is 1. The fourth-order valence-electron chi connectivity index (χ4n) is 3.63. The molecule has 0 bridgehead atoms. The molecule has 1 aromatic carbocycles. The van der Waals surface area contributed by atoms with E-state index in [2.05, 4.69) is 22.5 Å². The molecule has 11 nitrogen and oxygen atoms in total. The Kier molecular flexibility index (Phi) is 9.40. The lowest BCUT2D eigenvalue weighted by atomic mass is 10.0. The van der Waals surface area contributed by atoms with E-state index in [9.17, 15) is 19.2 Å². The lowest BCUT2D eigenvalue weighted by molar-refractivity contribution is -0.136. The van der Waals surface area contributed by atoms with E-state index in [-0.39, 0.29) is 44.5 Å². The van der Waals surface area contributed by atoms with E-state index in [4.69, 9.17) is 19.3 Å². The molecular weight excluding hydrogens is 446 g/mol. The smallest absolute Gasteiger partial charge is 0.404 e. The molecule has 182 valence electrons. The molecule has 1 fully saturated rings. The number of nitrogens with one attached hydrogen (secondary N) is 2. The first-order valence-corrected chi connectivity index (χ1v) is 10.9. The number of carbonyl (C=O) groups excluding carboxylic acids is 3. The maximum absolute atomic E-state index is 12.8. The number of ether oxygens (including phenoxy) is 3. The number of hydrogen-bond acceptors (Lipinski definition) is 7. The van der Waals surface area contributed by atoms with Crippen LogP contribution in [0.5, 0.6) is 0 Å². The Bertz CT molecular complexity index is 984. The van der Waals surface area contributed by atoms with Crippen LogP contribution in [0.15, 0.2) is 18.2 Å². The molecule has 2 aliphatic heterocycles. The zero-order valence-electron chi connectivity index (χ0n) is 18.6. The van der Waals surface area contributed by atoms with Crippen LogP contribution in [0, 0.1) is 11.8 Å². The molecule has 0 aliphatic carbocycles. The standard InChI is InChI=1S/C23H27N3O8/c27-20-7-6-19(21(28)25-20)26-15-18-16(3-1-5-17(18)22(26)29)4-2-9-32-11-13-34-14-12-33-10-8-24-23(30)31/h1,3,5,19,24H,6-15H2,(H,30,31)(H,25,27,28). The predicted octanol–water partition coefficient (Wildman–Crippen LogP) is 0.117. The van der Waals surface area contributed by atoms with Gasteiger partial charge < -0.3 is 29.5 Å². The molecule has 3 N–H and O–H groups in total. The van der Waals surface area contributed by atoms with Crippen LogP contribution in [0.1, 0.15) is 34.3 Å². The SMILES string of the molecule is O=C(O)NCCOCCOCCOCC#Cc1cccc2c1CN(C1CCC(=O)NC1=O)C2=O. The van der Waals surface area contributed by atoms with Crippen LogP contribution < -0.4 is 10.6 Å². The van der Waals surface area contributed by atoms with E-state index in [0.29, 0.717) is 44.0 Å². The third-order valence-electron chi connectivity index (χ3n) is 5.25. The largest absolute Gasteiger partial charge is 0.465 e. The van der Waals surface area contributed by atoms with Gasteiger partial charge in [0.1, 0.15) is 12.6 Å². The molecule has 0 spiro atoms. The van der Waals surface area contributed by atoms with Crippen LogP contribution in [0.25, 0.3) is 0 Å². The van der Waals surface area contributed by atoms with Crippen molar-refractivity contribution in [1.29, 1.82) is 0 Å². The Morgan fingerprint density at radius 2 is 1.85 bits per heavy atom. The molecular formula is C23H27N3O8. The highest BCUT2D eigenvalue weighted by Crippen LogP contribution is 2.29. The Labute approximate surface area is 196 Å². The van der Waals surface area contributed by atoms with Gasteiger partial charge in [-0.15, -0.1) is 0 Å². The zero-order valence-corrected chi connectivity index (χ0v) is 18.6. The maximum atomic E-state index is 12.8. The van der Waals surface area contributed by atoms with Crippen LogP contribution in [0.2, 0.25) is 0 Å². The Morgan fingerprint density at radius 1 is 1.12 bits per heavy atom. The molecule has 1 aromatic rings. The highest BCUT2D eigenvalue weighted by Gasteiger charge is 2.39. The second-order valence-corrected chi connectivity index (χ2v) is 7.54. The van der Waals surface area contributed by atoms with Crippen molar-refractivity contribution in [3.8, 4) is 11.8 Å². The summed E-state index contributed by atoms with van der Waals surface area (Å²) in [5.74, 6) is 4.96. The predicted molar refractivity (Wildman–Crippen MR) is 118 cm³/mol. The summed E-state index contributed by atoms with van der Waals surface area (Å²) in [6, 6.07) is 4.63. The van der Waals surface area contributed by atoms with Gasteiger partial charge in [0.05, 0.1) is 33.0 Å². The molecule has 4 amide bonds. The average molecular weight is 473 g/mol. The van der Waals surface area contributed by atoms with Gasteiger partial charge in [0, 0.05) is 30.6 Å². The number of hydrogen-bond donors (Lipinski definition) is 3. The van der Waals surface area contributed by atoms with Crippen molar-refractivity contribution in [3.63, 3.8) is 0 Å². The molecule has 1 saturated heterocycles. The minimum absolute atomic E-state index is 0.190. The number of carboxylic acid groups (broad SMARTS) is 1. The first-order chi connectivity index (χ1) is 16.5. The van der Waals surface area contributed by atoms with Crippen molar-refractivity contribution >= 4 is 23.8 Å². The quantitative estimate of drug-likeness (QED) is 0.234. The molecule has 0 aromatic heterocycles. The first kappa shape index (κ1) is 25.2. The lowest BCUT2D eigenvalue weighted by Gasteiger charge is -2.29. The van der Waals surface area contributed by atoms with E-state index < -0.39 is 18.0 Å². The summed E-state index contributed by atoms with van der Waals surface area (Å²) in [6.45, 7) is 2.42. The van der Waals surface area contributed by atoms with Gasteiger partial charge in [-0.25, -0.2) is 4.79 Å². The Balaban J connectivity index is 1.37. The summed E-state index contributed by atoms with van der Waals surface area (Å²) in [6.07, 6.45) is -0.559. The zero-order chi connectivity index (χ0) is 24.3. The second kappa shape index (κ2) is 12.7. The van der Waals surface area contributed by atoms with Gasteiger partial charge in [0.2, 0.25) is 11.8 Å². The molecule has 1 unspecified atom stereocenters. The van der Waals surface area contributed by atoms with E-state index in [1.165, 1.54) is 4.90 Å². The molecule has 2 heterocycles. The van der Waals surface area contributed by atoms with E-state index >= 15 is 0 Å². The van der Waals surface area contributed by atoms with Crippen molar-refractivity contribution in [2.24, 2.45) is 0 Å². The number of fused-ring (bicyclic) bond motifs is 1. The first-order valence-electron chi connectivity index (χ1n) is 10.9. The van der Waals surface area contributed by atoms with Gasteiger partial charge in [-0.2, -0.15) is 0 Å². The average Bonchev–Trinajstić information content (AvgIpc) is 3.14. The van der Waals surface area contributed by atoms with Crippen molar-refractivity contribution in [2.75, 3.05) is 46.2 Å². The maximum Gasteiger partial charge on any atom is 0.404 e. The van der Waals surface area contributed by atoms with Crippen LogP contribution in [0.4, 0.5) is 4.79 Å². The summed E-state index contributed by atoms with van der Waals surface area (Å²) in [5, 5.41) is 12.9. The lowest BCUT2D eigenvalue weighted by Crippen LogP contribution is -2.52. The van der Waals surface area contributed by atoms with Crippen LogP contribution in [-0.4, -0.2) is 86.0 Å². The van der Waals surface area contributed by atoms with E-state index in [0.717, 1.165) is 5.56 Å². The van der Waals surface area contributed by atoms with Gasteiger partial charge in [0.25, 0.3) is 5.91 Å². The Hall–Kier alpha value is -3.46. The summed E-state index contributed by atoms with van der Waals surface area (Å²) < 4.78 is 16.0. The summed E-state index contributed by atoms with van der Waals surface area (Å²) in [4.78, 5) is 48.2. The van der Waals surface area contributed by atoms with Crippen LogP contribution >= 0.6 is 0 Å². The van der Waals surface area contributed by atoms with Gasteiger partial charge >= 0.3 is 6.09 Å². The number of piperidine rings is 1. The normalized spacial score (nSPS) is 17.1. The molecule has 34 heavy (non-hydrogen) atoms. The fourth-order valence-corrected chi connectivity index (χ4v) is 3.63. The fraction of sp³-hybridized carbons (Fsp3) is 0.478. The highest BCUT2D eigenvalue weighted by molar-refractivity contribution is 6.05. The van der Waals surface area contributed by atoms with E-state index in [1.807, 2.05) is 6.07 Å². The van der Waals surface area contributed by atoms with Gasteiger partial charge in [-0.1, -0.05) is 17.9 Å². The molecule has 0 radical (unpaired) electrons. The van der Waals surface area contributed by atoms with Crippen molar-refractivity contribution in [3.05, 3.63) is 34.9 Å². The molecule has 3 rings (SSSR count). The topological polar surface area (TPSA) is 144 Å². The minimum Gasteiger partial charge on any atom is -0.465 e. The highest BCUT2D eigenvalue weighted by atomic mass is 16.5. The molecule has 0 saturated carbocycles. The third-order valence-corrected chi connectivity index (χ3v) is 5.25. The van der Waals surface area contributed by atoms with Crippen molar-refractivity contribution < 1.29 is 38.5 Å². The number of rotatable bonds is 11.